The van der Waals surface area contributed by atoms with Crippen molar-refractivity contribution in [1.82, 2.24) is 14.9 Å². The van der Waals surface area contributed by atoms with E-state index in [9.17, 15) is 26.4 Å². The lowest BCUT2D eigenvalue weighted by Gasteiger charge is -2.18. The van der Waals surface area contributed by atoms with E-state index in [4.69, 9.17) is 0 Å². The van der Waals surface area contributed by atoms with Crippen molar-refractivity contribution in [3.05, 3.63) is 29.8 Å². The highest BCUT2D eigenvalue weighted by atomic mass is 32.2. The van der Waals surface area contributed by atoms with Crippen LogP contribution in [0.5, 0.6) is 0 Å². The zero-order valence-electron chi connectivity index (χ0n) is 14.3. The summed E-state index contributed by atoms with van der Waals surface area (Å²) in [5.74, 6) is -0.466. The van der Waals surface area contributed by atoms with Crippen molar-refractivity contribution >= 4 is 15.9 Å². The van der Waals surface area contributed by atoms with Gasteiger partial charge in [-0.2, -0.15) is 13.2 Å². The molecule has 1 fully saturated rings. The molecule has 0 aromatic heterocycles. The minimum atomic E-state index is -4.25. The molecular weight excluding hydrogens is 371 g/mol. The molecule has 0 aliphatic heterocycles. The Balaban J connectivity index is 1.83. The molecule has 1 saturated carbocycles. The molecule has 0 bridgehead atoms. The van der Waals surface area contributed by atoms with Gasteiger partial charge in [0.25, 0.3) is 5.91 Å². The lowest BCUT2D eigenvalue weighted by atomic mass is 10.2. The fraction of sp³-hybridized carbons (Fsp3) is 0.562. The van der Waals surface area contributed by atoms with E-state index in [2.05, 4.69) is 10.0 Å². The van der Waals surface area contributed by atoms with Crippen molar-refractivity contribution in [2.75, 3.05) is 26.7 Å². The van der Waals surface area contributed by atoms with Gasteiger partial charge in [0.15, 0.2) is 0 Å². The Morgan fingerprint density at radius 2 is 2.00 bits per heavy atom. The first kappa shape index (κ1) is 20.7. The quantitative estimate of drug-likeness (QED) is 0.627. The Morgan fingerprint density at radius 3 is 2.62 bits per heavy atom. The highest BCUT2D eigenvalue weighted by Crippen LogP contribution is 2.22. The summed E-state index contributed by atoms with van der Waals surface area (Å²) in [6.07, 6.45) is -2.29. The largest absolute Gasteiger partial charge is 0.401 e. The second-order valence-corrected chi connectivity index (χ2v) is 8.10. The van der Waals surface area contributed by atoms with E-state index in [1.165, 1.54) is 31.3 Å². The molecule has 0 atom stereocenters. The van der Waals surface area contributed by atoms with Gasteiger partial charge in [-0.1, -0.05) is 6.07 Å². The van der Waals surface area contributed by atoms with Gasteiger partial charge in [-0.05, 0) is 51.1 Å². The summed E-state index contributed by atoms with van der Waals surface area (Å²) in [5, 5.41) is 2.59. The van der Waals surface area contributed by atoms with Crippen LogP contribution in [0.3, 0.4) is 0 Å². The fourth-order valence-corrected chi connectivity index (χ4v) is 3.68. The number of amides is 1. The minimum absolute atomic E-state index is 0.0157. The summed E-state index contributed by atoms with van der Waals surface area (Å²) in [6, 6.07) is 5.63. The number of halogens is 3. The molecule has 146 valence electrons. The molecule has 6 nitrogen and oxygen atoms in total. The fourth-order valence-electron chi connectivity index (χ4n) is 2.33. The lowest BCUT2D eigenvalue weighted by Crippen LogP contribution is -2.33. The number of rotatable bonds is 9. The van der Waals surface area contributed by atoms with Crippen LogP contribution >= 0.6 is 0 Å². The summed E-state index contributed by atoms with van der Waals surface area (Å²) < 4.78 is 63.5. The van der Waals surface area contributed by atoms with Gasteiger partial charge in [0.05, 0.1) is 11.4 Å². The van der Waals surface area contributed by atoms with E-state index in [0.717, 1.165) is 17.7 Å². The van der Waals surface area contributed by atoms with E-state index in [1.54, 1.807) is 0 Å². The van der Waals surface area contributed by atoms with Crippen LogP contribution in [0.2, 0.25) is 0 Å². The molecule has 1 aliphatic rings. The van der Waals surface area contributed by atoms with Gasteiger partial charge >= 0.3 is 6.18 Å². The van der Waals surface area contributed by atoms with Gasteiger partial charge in [-0.25, -0.2) is 13.1 Å². The molecule has 0 spiro atoms. The first-order valence-electron chi connectivity index (χ1n) is 8.23. The van der Waals surface area contributed by atoms with E-state index >= 15 is 0 Å². The number of benzene rings is 1. The normalized spacial score (nSPS) is 15.3. The third kappa shape index (κ3) is 6.93. The number of carbonyl (C=O) groups excluding carboxylic acids is 1. The van der Waals surface area contributed by atoms with Gasteiger partial charge < -0.3 is 5.32 Å². The molecule has 1 aromatic rings. The topological polar surface area (TPSA) is 78.5 Å². The SMILES string of the molecule is CN(CCCNC(=O)c1cccc(S(=O)(=O)NC2CC2)c1)CC(F)(F)F. The monoisotopic (exact) mass is 393 g/mol. The average molecular weight is 393 g/mol. The summed E-state index contributed by atoms with van der Waals surface area (Å²) in [6.45, 7) is -0.632. The number of carbonyl (C=O) groups is 1. The standard InChI is InChI=1S/C16H22F3N3O3S/c1-22(11-16(17,18)19)9-3-8-20-15(23)12-4-2-5-14(10-12)26(24,25)21-13-6-7-13/h2,4-5,10,13,21H,3,6-9,11H2,1H3,(H,20,23). The van der Waals surface area contributed by atoms with Gasteiger partial charge in [0.1, 0.15) is 0 Å². The van der Waals surface area contributed by atoms with E-state index in [-0.39, 0.29) is 29.6 Å². The third-order valence-electron chi connectivity index (χ3n) is 3.76. The first-order chi connectivity index (χ1) is 12.1. The third-order valence-corrected chi connectivity index (χ3v) is 5.28. The lowest BCUT2D eigenvalue weighted by molar-refractivity contribution is -0.143. The Kier molecular flexibility index (Phi) is 6.64. The van der Waals surface area contributed by atoms with Crippen LogP contribution in [0.4, 0.5) is 13.2 Å². The molecule has 2 rings (SSSR count). The van der Waals surface area contributed by atoms with Crippen LogP contribution < -0.4 is 10.0 Å². The molecule has 1 aromatic carbocycles. The van der Waals surface area contributed by atoms with Crippen molar-refractivity contribution in [2.24, 2.45) is 0 Å². The molecule has 1 aliphatic carbocycles. The van der Waals surface area contributed by atoms with Gasteiger partial charge in [0.2, 0.25) is 10.0 Å². The predicted octanol–water partition coefficient (Wildman–Crippen LogP) is 1.74. The summed E-state index contributed by atoms with van der Waals surface area (Å²) in [5.41, 5.74) is 0.187. The van der Waals surface area contributed by atoms with E-state index in [0.29, 0.717) is 6.42 Å². The Morgan fingerprint density at radius 1 is 1.31 bits per heavy atom. The van der Waals surface area contributed by atoms with Crippen molar-refractivity contribution in [3.63, 3.8) is 0 Å². The summed E-state index contributed by atoms with van der Waals surface area (Å²) in [7, 11) is -2.29. The average Bonchev–Trinajstić information content (AvgIpc) is 3.33. The molecule has 0 radical (unpaired) electrons. The molecule has 0 unspecified atom stereocenters. The first-order valence-corrected chi connectivity index (χ1v) is 9.71. The number of alkyl halides is 3. The number of nitrogens with zero attached hydrogens (tertiary/aromatic N) is 1. The maximum absolute atomic E-state index is 12.2. The maximum atomic E-state index is 12.2. The summed E-state index contributed by atoms with van der Waals surface area (Å²) in [4.78, 5) is 13.3. The number of sulfonamides is 1. The minimum Gasteiger partial charge on any atom is -0.352 e. The van der Waals surface area contributed by atoms with Crippen LogP contribution in [0.15, 0.2) is 29.2 Å². The van der Waals surface area contributed by atoms with Crippen molar-refractivity contribution in [1.29, 1.82) is 0 Å². The molecule has 1 amide bonds. The molecule has 26 heavy (non-hydrogen) atoms. The van der Waals surface area contributed by atoms with Crippen molar-refractivity contribution in [3.8, 4) is 0 Å². The van der Waals surface area contributed by atoms with Crippen LogP contribution in [-0.4, -0.2) is 58.1 Å². The van der Waals surface area contributed by atoms with E-state index < -0.39 is 28.7 Å². The molecule has 0 heterocycles. The van der Waals surface area contributed by atoms with Crippen LogP contribution in [0.1, 0.15) is 29.6 Å². The second kappa shape index (κ2) is 8.36. The number of hydrogen-bond acceptors (Lipinski definition) is 4. The number of nitrogens with one attached hydrogen (secondary N) is 2. The zero-order valence-corrected chi connectivity index (χ0v) is 15.2. The maximum Gasteiger partial charge on any atom is 0.401 e. The van der Waals surface area contributed by atoms with E-state index in [1.807, 2.05) is 0 Å². The Hall–Kier alpha value is -1.65. The van der Waals surface area contributed by atoms with Gasteiger partial charge in [0, 0.05) is 18.2 Å². The molecule has 0 saturated heterocycles. The van der Waals surface area contributed by atoms with Crippen molar-refractivity contribution in [2.45, 2.75) is 36.4 Å². The Bertz CT molecular complexity index is 734. The van der Waals surface area contributed by atoms with Crippen LogP contribution in [-0.2, 0) is 10.0 Å². The smallest absolute Gasteiger partial charge is 0.352 e. The predicted molar refractivity (Wildman–Crippen MR) is 90.3 cm³/mol. The molecule has 2 N–H and O–H groups in total. The number of hydrogen-bond donors (Lipinski definition) is 2. The summed E-state index contributed by atoms with van der Waals surface area (Å²) >= 11 is 0. The van der Waals surface area contributed by atoms with Gasteiger partial charge in [-0.3, -0.25) is 9.69 Å². The highest BCUT2D eigenvalue weighted by molar-refractivity contribution is 7.89. The van der Waals surface area contributed by atoms with Gasteiger partial charge in [-0.15, -0.1) is 0 Å². The second-order valence-electron chi connectivity index (χ2n) is 6.39. The highest BCUT2D eigenvalue weighted by Gasteiger charge is 2.29. The molecular formula is C16H22F3N3O3S. The molecule has 10 heteroatoms. The Labute approximate surface area is 150 Å². The zero-order chi connectivity index (χ0) is 19.4. The van der Waals surface area contributed by atoms with Crippen molar-refractivity contribution < 1.29 is 26.4 Å². The van der Waals surface area contributed by atoms with Crippen LogP contribution in [0, 0.1) is 0 Å². The van der Waals surface area contributed by atoms with Crippen LogP contribution in [0.25, 0.3) is 0 Å².